The molecule has 0 bridgehead atoms. The first-order valence-electron chi connectivity index (χ1n) is 6.20. The molecule has 0 aliphatic rings. The van der Waals surface area contributed by atoms with Crippen molar-refractivity contribution in [3.8, 4) is 5.75 Å². The second kappa shape index (κ2) is 5.53. The van der Waals surface area contributed by atoms with Gasteiger partial charge in [-0.2, -0.15) is 0 Å². The number of phenolic OH excluding ortho intramolecular Hbond substituents is 1. The van der Waals surface area contributed by atoms with Crippen molar-refractivity contribution in [3.63, 3.8) is 0 Å². The second-order valence-electron chi connectivity index (χ2n) is 4.39. The van der Waals surface area contributed by atoms with E-state index in [4.69, 9.17) is 0 Å². The standard InChI is InChI=1S/C17H16O2/c1-3-4-7-12(2)16(18)15-11-10-13-8-5-6-9-14(13)17(15)19/h3-11,19H,1-2H3/b4-3-,12-7+. The van der Waals surface area contributed by atoms with Crippen LogP contribution >= 0.6 is 0 Å². The minimum atomic E-state index is -0.152. The molecule has 0 aliphatic carbocycles. The molecule has 1 N–H and O–H groups in total. The summed E-state index contributed by atoms with van der Waals surface area (Å²) in [6, 6.07) is 11.0. The molecule has 0 aromatic heterocycles. The fourth-order valence-electron chi connectivity index (χ4n) is 1.97. The number of Topliss-reactive ketones (excluding diaryl/α,β-unsaturated/α-hetero) is 1. The molecule has 0 saturated heterocycles. The normalized spacial score (nSPS) is 12.2. The number of fused-ring (bicyclic) bond motifs is 1. The van der Waals surface area contributed by atoms with Crippen LogP contribution in [0.1, 0.15) is 24.2 Å². The maximum atomic E-state index is 12.3. The van der Waals surface area contributed by atoms with Gasteiger partial charge in [0.2, 0.25) is 0 Å². The number of allylic oxidation sites excluding steroid dienone is 4. The van der Waals surface area contributed by atoms with Gasteiger partial charge in [0, 0.05) is 5.39 Å². The first-order valence-corrected chi connectivity index (χ1v) is 6.20. The molecule has 2 nitrogen and oxygen atoms in total. The van der Waals surface area contributed by atoms with Gasteiger partial charge in [-0.15, -0.1) is 0 Å². The lowest BCUT2D eigenvalue weighted by atomic mass is 9.99. The van der Waals surface area contributed by atoms with E-state index in [9.17, 15) is 9.90 Å². The van der Waals surface area contributed by atoms with Crippen LogP contribution in [0, 0.1) is 0 Å². The van der Waals surface area contributed by atoms with Crippen molar-refractivity contribution in [2.75, 3.05) is 0 Å². The lowest BCUT2D eigenvalue weighted by molar-refractivity contribution is 0.103. The highest BCUT2D eigenvalue weighted by atomic mass is 16.3. The zero-order chi connectivity index (χ0) is 13.8. The fourth-order valence-corrected chi connectivity index (χ4v) is 1.97. The number of ketones is 1. The lowest BCUT2D eigenvalue weighted by Gasteiger charge is -2.07. The molecule has 2 aromatic rings. The monoisotopic (exact) mass is 252 g/mol. The number of benzene rings is 2. The number of hydrogen-bond donors (Lipinski definition) is 1. The first kappa shape index (κ1) is 13.1. The van der Waals surface area contributed by atoms with E-state index in [2.05, 4.69) is 0 Å². The van der Waals surface area contributed by atoms with Gasteiger partial charge >= 0.3 is 0 Å². The van der Waals surface area contributed by atoms with Crippen LogP contribution in [0.25, 0.3) is 10.8 Å². The van der Waals surface area contributed by atoms with Crippen molar-refractivity contribution in [2.24, 2.45) is 0 Å². The summed E-state index contributed by atoms with van der Waals surface area (Å²) in [4.78, 5) is 12.3. The minimum absolute atomic E-state index is 0.0522. The van der Waals surface area contributed by atoms with Gasteiger partial charge in [0.25, 0.3) is 0 Å². The molecule has 2 heteroatoms. The molecule has 0 amide bonds. The molecule has 0 saturated carbocycles. The molecule has 0 unspecified atom stereocenters. The third-order valence-electron chi connectivity index (χ3n) is 3.04. The number of phenols is 1. The maximum absolute atomic E-state index is 12.3. The average Bonchev–Trinajstić information content (AvgIpc) is 2.44. The van der Waals surface area contributed by atoms with E-state index < -0.39 is 0 Å². The zero-order valence-electron chi connectivity index (χ0n) is 11.1. The third-order valence-corrected chi connectivity index (χ3v) is 3.04. The van der Waals surface area contributed by atoms with Crippen LogP contribution < -0.4 is 0 Å². The van der Waals surface area contributed by atoms with Crippen LogP contribution in [0.3, 0.4) is 0 Å². The molecule has 2 rings (SSSR count). The highest BCUT2D eigenvalue weighted by Crippen LogP contribution is 2.29. The van der Waals surface area contributed by atoms with Crippen LogP contribution in [0.2, 0.25) is 0 Å². The van der Waals surface area contributed by atoms with Crippen LogP contribution in [0.5, 0.6) is 5.75 Å². The van der Waals surface area contributed by atoms with E-state index in [1.807, 2.05) is 49.4 Å². The molecule has 96 valence electrons. The fraction of sp³-hybridized carbons (Fsp3) is 0.118. The van der Waals surface area contributed by atoms with E-state index in [1.165, 1.54) is 0 Å². The molecule has 0 heterocycles. The van der Waals surface area contributed by atoms with Crippen molar-refractivity contribution >= 4 is 16.6 Å². The Morgan fingerprint density at radius 3 is 2.63 bits per heavy atom. The molecular weight excluding hydrogens is 236 g/mol. The van der Waals surface area contributed by atoms with Gasteiger partial charge < -0.3 is 5.11 Å². The van der Waals surface area contributed by atoms with Crippen LogP contribution in [-0.4, -0.2) is 10.9 Å². The Bertz CT molecular complexity index is 679. The Hall–Kier alpha value is -2.35. The smallest absolute Gasteiger partial charge is 0.192 e. The Morgan fingerprint density at radius 2 is 1.89 bits per heavy atom. The third kappa shape index (κ3) is 2.58. The number of hydrogen-bond acceptors (Lipinski definition) is 2. The van der Waals surface area contributed by atoms with Crippen molar-refractivity contribution in [1.82, 2.24) is 0 Å². The molecule has 19 heavy (non-hydrogen) atoms. The summed E-state index contributed by atoms with van der Waals surface area (Å²) in [6.45, 7) is 3.64. The molecule has 0 spiro atoms. The Labute approximate surface area is 112 Å². The van der Waals surface area contributed by atoms with Gasteiger partial charge in [0.1, 0.15) is 5.75 Å². The van der Waals surface area contributed by atoms with Crippen LogP contribution in [0.15, 0.2) is 60.2 Å². The second-order valence-corrected chi connectivity index (χ2v) is 4.39. The topological polar surface area (TPSA) is 37.3 Å². The summed E-state index contributed by atoms with van der Waals surface area (Å²) in [5.74, 6) is -0.0994. The maximum Gasteiger partial charge on any atom is 0.192 e. The molecular formula is C17H16O2. The number of aromatic hydroxyl groups is 1. The van der Waals surface area contributed by atoms with Gasteiger partial charge in [-0.25, -0.2) is 0 Å². The number of rotatable bonds is 3. The van der Waals surface area contributed by atoms with Crippen molar-refractivity contribution in [2.45, 2.75) is 13.8 Å². The molecule has 2 aromatic carbocycles. The van der Waals surface area contributed by atoms with E-state index >= 15 is 0 Å². The molecule has 0 radical (unpaired) electrons. The van der Waals surface area contributed by atoms with Crippen LogP contribution in [-0.2, 0) is 0 Å². The number of carbonyl (C=O) groups excluding carboxylic acids is 1. The largest absolute Gasteiger partial charge is 0.507 e. The lowest BCUT2D eigenvalue weighted by Crippen LogP contribution is -2.01. The van der Waals surface area contributed by atoms with Crippen molar-refractivity contribution in [3.05, 3.63) is 65.8 Å². The van der Waals surface area contributed by atoms with Crippen LogP contribution in [0.4, 0.5) is 0 Å². The highest BCUT2D eigenvalue weighted by molar-refractivity contribution is 6.13. The Balaban J connectivity index is 2.52. The molecule has 0 atom stereocenters. The van der Waals surface area contributed by atoms with Gasteiger partial charge in [-0.05, 0) is 30.9 Å². The van der Waals surface area contributed by atoms with E-state index in [0.717, 1.165) is 5.39 Å². The Morgan fingerprint density at radius 1 is 1.16 bits per heavy atom. The van der Waals surface area contributed by atoms with E-state index in [-0.39, 0.29) is 11.5 Å². The molecule has 0 fully saturated rings. The quantitative estimate of drug-likeness (QED) is 0.503. The summed E-state index contributed by atoms with van der Waals surface area (Å²) < 4.78 is 0. The first-order chi connectivity index (χ1) is 9.15. The molecule has 0 aliphatic heterocycles. The van der Waals surface area contributed by atoms with Gasteiger partial charge in [-0.1, -0.05) is 48.6 Å². The zero-order valence-corrected chi connectivity index (χ0v) is 11.1. The predicted molar refractivity (Wildman–Crippen MR) is 78.5 cm³/mol. The van der Waals surface area contributed by atoms with Gasteiger partial charge in [-0.3, -0.25) is 4.79 Å². The summed E-state index contributed by atoms with van der Waals surface area (Å²) in [5.41, 5.74) is 0.945. The average molecular weight is 252 g/mol. The minimum Gasteiger partial charge on any atom is -0.507 e. The Kier molecular flexibility index (Phi) is 3.81. The van der Waals surface area contributed by atoms with Crippen molar-refractivity contribution in [1.29, 1.82) is 0 Å². The van der Waals surface area contributed by atoms with Crippen molar-refractivity contribution < 1.29 is 9.90 Å². The van der Waals surface area contributed by atoms with Gasteiger partial charge in [0.15, 0.2) is 5.78 Å². The highest BCUT2D eigenvalue weighted by Gasteiger charge is 2.14. The number of carbonyl (C=O) groups is 1. The predicted octanol–water partition coefficient (Wildman–Crippen LogP) is 4.25. The SMILES string of the molecule is C/C=C\C=C(/C)C(=O)c1ccc2ccccc2c1O. The van der Waals surface area contributed by atoms with Gasteiger partial charge in [0.05, 0.1) is 5.56 Å². The summed E-state index contributed by atoms with van der Waals surface area (Å²) >= 11 is 0. The summed E-state index contributed by atoms with van der Waals surface area (Å²) in [5, 5.41) is 11.9. The van der Waals surface area contributed by atoms with E-state index in [1.54, 1.807) is 19.1 Å². The van der Waals surface area contributed by atoms with E-state index in [0.29, 0.717) is 16.5 Å². The summed E-state index contributed by atoms with van der Waals surface area (Å²) in [6.07, 6.45) is 5.42. The summed E-state index contributed by atoms with van der Waals surface area (Å²) in [7, 11) is 0.